The number of ether oxygens (including phenoxy) is 2. The molecule has 0 aliphatic carbocycles. The number of nitrogens with zero attached hydrogens (tertiary/aromatic N) is 2. The average Bonchev–Trinajstić information content (AvgIpc) is 3.07. The Morgan fingerprint density at radius 3 is 2.65 bits per heavy atom. The lowest BCUT2D eigenvalue weighted by Gasteiger charge is -2.22. The first-order valence-corrected chi connectivity index (χ1v) is 9.91. The van der Waals surface area contributed by atoms with Gasteiger partial charge in [-0.05, 0) is 31.5 Å². The van der Waals surface area contributed by atoms with E-state index in [0.29, 0.717) is 18.4 Å². The molecule has 0 radical (unpaired) electrons. The molecule has 31 heavy (non-hydrogen) atoms. The fourth-order valence-electron chi connectivity index (χ4n) is 3.27. The van der Waals surface area contributed by atoms with Crippen LogP contribution in [0.4, 0.5) is 5.82 Å². The number of benzene rings is 1. The molecule has 4 atom stereocenters. The van der Waals surface area contributed by atoms with E-state index in [1.165, 1.54) is 19.2 Å². The predicted molar refractivity (Wildman–Crippen MR) is 110 cm³/mol. The van der Waals surface area contributed by atoms with Crippen LogP contribution in [0.5, 0.6) is 0 Å². The Kier molecular flexibility index (Phi) is 7.64. The van der Waals surface area contributed by atoms with Crippen LogP contribution in [0.2, 0.25) is 0 Å². The van der Waals surface area contributed by atoms with E-state index in [-0.39, 0.29) is 18.2 Å². The van der Waals surface area contributed by atoms with Gasteiger partial charge in [-0.2, -0.15) is 4.98 Å². The Bertz CT molecular complexity index is 963. The Morgan fingerprint density at radius 1 is 1.26 bits per heavy atom. The maximum atomic E-state index is 12.6. The summed E-state index contributed by atoms with van der Waals surface area (Å²) in [4.78, 5) is 39.8. The molecule has 1 amide bonds. The minimum Gasteiger partial charge on any atom is -0.394 e. The van der Waals surface area contributed by atoms with Crippen molar-refractivity contribution in [1.82, 2.24) is 9.55 Å². The minimum absolute atomic E-state index is 0.0187. The third-order valence-electron chi connectivity index (χ3n) is 4.86. The maximum Gasteiger partial charge on any atom is 0.351 e. The van der Waals surface area contributed by atoms with Crippen molar-refractivity contribution in [3.63, 3.8) is 0 Å². The molecule has 166 valence electrons. The third-order valence-corrected chi connectivity index (χ3v) is 4.86. The number of nitrogens with one attached hydrogen (secondary N) is 1. The Labute approximate surface area is 178 Å². The van der Waals surface area contributed by atoms with Crippen LogP contribution in [-0.2, 0) is 14.3 Å². The van der Waals surface area contributed by atoms with Gasteiger partial charge in [0.1, 0.15) is 29.9 Å². The summed E-state index contributed by atoms with van der Waals surface area (Å²) < 4.78 is 12.4. The van der Waals surface area contributed by atoms with Crippen LogP contribution in [-0.4, -0.2) is 63.0 Å². The molecule has 3 rings (SSSR count). The monoisotopic (exact) mass is 431 g/mol. The van der Waals surface area contributed by atoms with Gasteiger partial charge in [-0.1, -0.05) is 18.2 Å². The molecule has 3 N–H and O–H groups in total. The number of carbonyl (C=O) groups is 2. The van der Waals surface area contributed by atoms with Crippen molar-refractivity contribution in [2.24, 2.45) is 0 Å². The fourth-order valence-corrected chi connectivity index (χ4v) is 3.27. The lowest BCUT2D eigenvalue weighted by atomic mass is 10.1. The quantitative estimate of drug-likeness (QED) is 0.488. The highest BCUT2D eigenvalue weighted by molar-refractivity contribution is 6.03. The summed E-state index contributed by atoms with van der Waals surface area (Å²) in [6.07, 6.45) is -1.92. The Balaban J connectivity index is 1.73. The maximum absolute atomic E-state index is 12.6. The van der Waals surface area contributed by atoms with Crippen molar-refractivity contribution < 1.29 is 29.3 Å². The van der Waals surface area contributed by atoms with Crippen LogP contribution >= 0.6 is 0 Å². The van der Waals surface area contributed by atoms with Crippen LogP contribution in [0.25, 0.3) is 0 Å². The number of aromatic nitrogens is 2. The summed E-state index contributed by atoms with van der Waals surface area (Å²) in [5, 5.41) is 22.4. The van der Waals surface area contributed by atoms with Gasteiger partial charge < -0.3 is 29.8 Å². The highest BCUT2D eigenvalue weighted by Gasteiger charge is 2.45. The molecule has 10 nitrogen and oxygen atoms in total. The summed E-state index contributed by atoms with van der Waals surface area (Å²) in [5.74, 6) is -0.332. The molecular formula is C21H25N3O7. The van der Waals surface area contributed by atoms with Crippen LogP contribution in [0.15, 0.2) is 47.4 Å². The number of aliphatic hydroxyl groups is 2. The number of carbonyl (C=O) groups excluding carboxylic acids is 2. The zero-order valence-electron chi connectivity index (χ0n) is 17.0. The van der Waals surface area contributed by atoms with Crippen molar-refractivity contribution in [1.29, 1.82) is 0 Å². The van der Waals surface area contributed by atoms with E-state index >= 15 is 0 Å². The van der Waals surface area contributed by atoms with E-state index < -0.39 is 42.7 Å². The molecule has 10 heteroatoms. The number of amides is 1. The van der Waals surface area contributed by atoms with Gasteiger partial charge in [-0.15, -0.1) is 0 Å². The first-order chi connectivity index (χ1) is 14.9. The fraction of sp³-hybridized carbons (Fsp3) is 0.429. The van der Waals surface area contributed by atoms with E-state index in [9.17, 15) is 24.6 Å². The number of hydrogen-bond acceptors (Lipinski definition) is 8. The summed E-state index contributed by atoms with van der Waals surface area (Å²) in [6.45, 7) is 1.19. The van der Waals surface area contributed by atoms with Gasteiger partial charge in [0, 0.05) is 24.8 Å². The standard InChI is InChI=1S/C21H25N3O7/c1-13(26)6-5-11-30-18-17(27)15(12-25)31-20(18)24-10-9-16(23-21(24)29)22-19(28)14-7-3-2-4-8-14/h2-4,7-10,15,17-18,20,25,27H,5-6,11-12H2,1H3,(H,22,23,28,29)/t15-,17-,18-,20-/m1/s1. The molecule has 2 aromatic rings. The molecular weight excluding hydrogens is 406 g/mol. The van der Waals surface area contributed by atoms with E-state index in [2.05, 4.69) is 10.3 Å². The zero-order valence-corrected chi connectivity index (χ0v) is 17.0. The minimum atomic E-state index is -1.17. The lowest BCUT2D eigenvalue weighted by molar-refractivity contribution is -0.117. The third kappa shape index (κ3) is 5.61. The summed E-state index contributed by atoms with van der Waals surface area (Å²) in [5.41, 5.74) is -0.306. The molecule has 2 heterocycles. The highest BCUT2D eigenvalue weighted by atomic mass is 16.6. The topological polar surface area (TPSA) is 140 Å². The number of ketones is 1. The summed E-state index contributed by atoms with van der Waals surface area (Å²) >= 11 is 0. The molecule has 1 saturated heterocycles. The van der Waals surface area contributed by atoms with Gasteiger partial charge in [0.2, 0.25) is 0 Å². The SMILES string of the molecule is CC(=O)CCCO[C@@H]1[C@H](O)[C@@H](CO)O[C@H]1n1ccc(NC(=O)c2ccccc2)nc1=O. The molecule has 0 unspecified atom stereocenters. The Morgan fingerprint density at radius 2 is 2.00 bits per heavy atom. The van der Waals surface area contributed by atoms with Crippen LogP contribution in [0.3, 0.4) is 0 Å². The predicted octanol–water partition coefficient (Wildman–Crippen LogP) is 0.501. The van der Waals surface area contributed by atoms with Gasteiger partial charge in [0.25, 0.3) is 5.91 Å². The zero-order chi connectivity index (χ0) is 22.4. The molecule has 1 aliphatic rings. The molecule has 0 bridgehead atoms. The van der Waals surface area contributed by atoms with Crippen molar-refractivity contribution in [2.75, 3.05) is 18.5 Å². The second-order valence-corrected chi connectivity index (χ2v) is 7.20. The van der Waals surface area contributed by atoms with Gasteiger partial charge in [0.05, 0.1) is 6.61 Å². The van der Waals surface area contributed by atoms with Crippen molar-refractivity contribution in [3.8, 4) is 0 Å². The molecule has 0 saturated carbocycles. The Hall–Kier alpha value is -2.92. The van der Waals surface area contributed by atoms with Crippen LogP contribution in [0.1, 0.15) is 36.4 Å². The van der Waals surface area contributed by atoms with Crippen molar-refractivity contribution in [3.05, 3.63) is 58.6 Å². The first-order valence-electron chi connectivity index (χ1n) is 9.91. The van der Waals surface area contributed by atoms with Gasteiger partial charge in [-0.25, -0.2) is 4.79 Å². The van der Waals surface area contributed by atoms with E-state index in [4.69, 9.17) is 9.47 Å². The molecule has 1 aliphatic heterocycles. The summed E-state index contributed by atoms with van der Waals surface area (Å²) in [6, 6.07) is 9.91. The van der Waals surface area contributed by atoms with E-state index in [0.717, 1.165) is 4.57 Å². The number of Topliss-reactive ketones (excluding diaryl/α,β-unsaturated/α-hetero) is 1. The van der Waals surface area contributed by atoms with Gasteiger partial charge in [-0.3, -0.25) is 9.36 Å². The van der Waals surface area contributed by atoms with Crippen molar-refractivity contribution >= 4 is 17.5 Å². The van der Waals surface area contributed by atoms with Gasteiger partial charge >= 0.3 is 5.69 Å². The smallest absolute Gasteiger partial charge is 0.351 e. The number of aliphatic hydroxyl groups excluding tert-OH is 2. The van der Waals surface area contributed by atoms with E-state index in [1.807, 2.05) is 0 Å². The normalized spacial score (nSPS) is 22.9. The van der Waals surface area contributed by atoms with Crippen LogP contribution < -0.4 is 11.0 Å². The molecule has 0 spiro atoms. The van der Waals surface area contributed by atoms with Crippen molar-refractivity contribution in [2.45, 2.75) is 44.3 Å². The molecule has 1 aromatic heterocycles. The largest absolute Gasteiger partial charge is 0.394 e. The number of anilines is 1. The molecule has 1 fully saturated rings. The second kappa shape index (κ2) is 10.4. The lowest BCUT2D eigenvalue weighted by Crippen LogP contribution is -2.38. The van der Waals surface area contributed by atoms with E-state index in [1.54, 1.807) is 30.3 Å². The summed E-state index contributed by atoms with van der Waals surface area (Å²) in [7, 11) is 0. The first kappa shape index (κ1) is 22.8. The van der Waals surface area contributed by atoms with Crippen LogP contribution in [0, 0.1) is 0 Å². The highest BCUT2D eigenvalue weighted by Crippen LogP contribution is 2.31. The number of rotatable bonds is 9. The number of hydrogen-bond donors (Lipinski definition) is 3. The molecule has 1 aromatic carbocycles. The average molecular weight is 431 g/mol. The second-order valence-electron chi connectivity index (χ2n) is 7.20. The van der Waals surface area contributed by atoms with Gasteiger partial charge in [0.15, 0.2) is 6.23 Å².